The highest BCUT2D eigenvalue weighted by molar-refractivity contribution is 5.48. The normalized spacial score (nSPS) is 10.7. The number of nitrogens with zero attached hydrogens (tertiary/aromatic N) is 3. The van der Waals surface area contributed by atoms with Crippen molar-refractivity contribution in [3.8, 4) is 0 Å². The Balaban J connectivity index is 1.78. The molecule has 0 aliphatic heterocycles. The van der Waals surface area contributed by atoms with E-state index >= 15 is 0 Å². The molecule has 0 radical (unpaired) electrons. The van der Waals surface area contributed by atoms with Crippen molar-refractivity contribution in [3.05, 3.63) is 59.0 Å². The van der Waals surface area contributed by atoms with Gasteiger partial charge in [-0.15, -0.1) is 0 Å². The van der Waals surface area contributed by atoms with E-state index in [-0.39, 0.29) is 5.56 Å². The Bertz CT molecular complexity index is 697. The van der Waals surface area contributed by atoms with E-state index in [2.05, 4.69) is 20.3 Å². The summed E-state index contributed by atoms with van der Waals surface area (Å²) in [6.07, 6.45) is 6.68. The average Bonchev–Trinajstić information content (AvgIpc) is 2.79. The summed E-state index contributed by atoms with van der Waals surface area (Å²) in [6, 6.07) is 5.80. The molecule has 0 bridgehead atoms. The summed E-state index contributed by atoms with van der Waals surface area (Å²) in [5.74, 6) is 0.755. The summed E-state index contributed by atoms with van der Waals surface area (Å²) in [5, 5.41) is 3.14. The summed E-state index contributed by atoms with van der Waals surface area (Å²) in [7, 11) is 0. The Morgan fingerprint density at radius 2 is 2.28 bits per heavy atom. The van der Waals surface area contributed by atoms with E-state index in [0.29, 0.717) is 6.54 Å². The standard InChI is InChI=1S/C12H11N5O/c18-12-7-13-5-9(15-12)6-14-10-8-17-4-2-1-3-11(17)16-10/h1-5,7-8,14H,6H2,(H,15,18). The van der Waals surface area contributed by atoms with Crippen LogP contribution in [0.4, 0.5) is 5.82 Å². The largest absolute Gasteiger partial charge is 0.363 e. The lowest BCUT2D eigenvalue weighted by Gasteiger charge is -2.01. The molecule has 0 spiro atoms. The fraction of sp³-hybridized carbons (Fsp3) is 0.0833. The molecule has 18 heavy (non-hydrogen) atoms. The first-order chi connectivity index (χ1) is 8.81. The van der Waals surface area contributed by atoms with Gasteiger partial charge in [0.25, 0.3) is 5.56 Å². The van der Waals surface area contributed by atoms with Gasteiger partial charge in [0.15, 0.2) is 0 Å². The fourth-order valence-corrected chi connectivity index (χ4v) is 1.71. The number of hydrogen-bond donors (Lipinski definition) is 2. The molecule has 0 aliphatic rings. The molecular formula is C12H11N5O. The molecule has 90 valence electrons. The van der Waals surface area contributed by atoms with Crippen LogP contribution in [0.3, 0.4) is 0 Å². The summed E-state index contributed by atoms with van der Waals surface area (Å²) in [6.45, 7) is 0.479. The van der Waals surface area contributed by atoms with Gasteiger partial charge in [-0.25, -0.2) is 4.98 Å². The quantitative estimate of drug-likeness (QED) is 0.718. The topological polar surface area (TPSA) is 75.1 Å². The zero-order valence-electron chi connectivity index (χ0n) is 9.50. The minimum Gasteiger partial charge on any atom is -0.363 e. The molecule has 3 heterocycles. The number of aromatic nitrogens is 4. The van der Waals surface area contributed by atoms with Gasteiger partial charge in [-0.3, -0.25) is 9.78 Å². The van der Waals surface area contributed by atoms with Crippen LogP contribution < -0.4 is 10.9 Å². The summed E-state index contributed by atoms with van der Waals surface area (Å²) in [4.78, 5) is 22.0. The second-order valence-corrected chi connectivity index (χ2v) is 3.87. The second kappa shape index (κ2) is 4.33. The van der Waals surface area contributed by atoms with Crippen LogP contribution in [-0.4, -0.2) is 19.4 Å². The van der Waals surface area contributed by atoms with E-state index in [9.17, 15) is 4.79 Å². The molecule has 2 N–H and O–H groups in total. The lowest BCUT2D eigenvalue weighted by molar-refractivity contribution is 0.976. The minimum atomic E-state index is -0.204. The molecule has 0 aromatic carbocycles. The SMILES string of the molecule is O=c1cncc(CNc2cn3ccccc3n2)[nH]1. The third-order valence-corrected chi connectivity index (χ3v) is 2.53. The van der Waals surface area contributed by atoms with Gasteiger partial charge in [-0.2, -0.15) is 0 Å². The van der Waals surface area contributed by atoms with Crippen molar-refractivity contribution in [1.29, 1.82) is 0 Å². The van der Waals surface area contributed by atoms with E-state index in [1.807, 2.05) is 35.0 Å². The van der Waals surface area contributed by atoms with Crippen molar-refractivity contribution < 1.29 is 0 Å². The maximum Gasteiger partial charge on any atom is 0.266 e. The van der Waals surface area contributed by atoms with Crippen LogP contribution in [0.5, 0.6) is 0 Å². The van der Waals surface area contributed by atoms with Crippen LogP contribution in [0.2, 0.25) is 0 Å². The monoisotopic (exact) mass is 241 g/mol. The molecular weight excluding hydrogens is 230 g/mol. The second-order valence-electron chi connectivity index (χ2n) is 3.87. The lowest BCUT2D eigenvalue weighted by atomic mass is 10.4. The van der Waals surface area contributed by atoms with Gasteiger partial charge in [0.05, 0.1) is 24.6 Å². The molecule has 3 rings (SSSR count). The Morgan fingerprint density at radius 1 is 1.33 bits per heavy atom. The molecule has 6 nitrogen and oxygen atoms in total. The maximum absolute atomic E-state index is 11.1. The van der Waals surface area contributed by atoms with Gasteiger partial charge in [0.1, 0.15) is 11.5 Å². The average molecular weight is 241 g/mol. The van der Waals surface area contributed by atoms with Gasteiger partial charge in [0.2, 0.25) is 0 Å². The predicted molar refractivity (Wildman–Crippen MR) is 67.4 cm³/mol. The van der Waals surface area contributed by atoms with E-state index in [0.717, 1.165) is 17.2 Å². The van der Waals surface area contributed by atoms with Crippen LogP contribution >= 0.6 is 0 Å². The molecule has 0 aliphatic carbocycles. The highest BCUT2D eigenvalue weighted by Gasteiger charge is 2.00. The minimum absolute atomic E-state index is 0.204. The first-order valence-corrected chi connectivity index (χ1v) is 5.52. The maximum atomic E-state index is 11.1. The zero-order chi connectivity index (χ0) is 12.4. The molecule has 0 amide bonds. The van der Waals surface area contributed by atoms with Gasteiger partial charge < -0.3 is 14.7 Å². The summed E-state index contributed by atoms with van der Waals surface area (Å²) in [5.41, 5.74) is 1.39. The molecule has 0 saturated heterocycles. The van der Waals surface area contributed by atoms with Crippen LogP contribution in [0.1, 0.15) is 5.69 Å². The highest BCUT2D eigenvalue weighted by atomic mass is 16.1. The van der Waals surface area contributed by atoms with Gasteiger partial charge in [-0.05, 0) is 12.1 Å². The van der Waals surface area contributed by atoms with Crippen LogP contribution in [0.25, 0.3) is 5.65 Å². The first-order valence-electron chi connectivity index (χ1n) is 5.52. The van der Waals surface area contributed by atoms with Crippen molar-refractivity contribution in [3.63, 3.8) is 0 Å². The van der Waals surface area contributed by atoms with Crippen LogP contribution in [-0.2, 0) is 6.54 Å². The number of rotatable bonds is 3. The van der Waals surface area contributed by atoms with Crippen molar-refractivity contribution in [2.24, 2.45) is 0 Å². The number of pyridine rings is 1. The molecule has 3 aromatic rings. The van der Waals surface area contributed by atoms with Crippen molar-refractivity contribution in [2.75, 3.05) is 5.32 Å². The Morgan fingerprint density at radius 3 is 3.11 bits per heavy atom. The molecule has 0 fully saturated rings. The number of hydrogen-bond acceptors (Lipinski definition) is 4. The van der Waals surface area contributed by atoms with E-state index in [1.54, 1.807) is 6.20 Å². The number of fused-ring (bicyclic) bond motifs is 1. The van der Waals surface area contributed by atoms with E-state index in [4.69, 9.17) is 0 Å². The van der Waals surface area contributed by atoms with Crippen molar-refractivity contribution >= 4 is 11.5 Å². The molecule has 6 heteroatoms. The van der Waals surface area contributed by atoms with E-state index in [1.165, 1.54) is 6.20 Å². The Hall–Kier alpha value is -2.63. The number of H-pyrrole nitrogens is 1. The number of nitrogens with one attached hydrogen (secondary N) is 2. The Labute approximate surface area is 102 Å². The lowest BCUT2D eigenvalue weighted by Crippen LogP contribution is -2.11. The molecule has 0 atom stereocenters. The molecule has 0 saturated carbocycles. The molecule has 0 unspecified atom stereocenters. The summed E-state index contributed by atoms with van der Waals surface area (Å²) < 4.78 is 1.92. The number of anilines is 1. The van der Waals surface area contributed by atoms with Crippen LogP contribution in [0.15, 0.2) is 47.8 Å². The first kappa shape index (κ1) is 10.5. The van der Waals surface area contributed by atoms with Gasteiger partial charge in [0, 0.05) is 12.4 Å². The van der Waals surface area contributed by atoms with E-state index < -0.39 is 0 Å². The smallest absolute Gasteiger partial charge is 0.266 e. The number of imidazole rings is 1. The van der Waals surface area contributed by atoms with Crippen molar-refractivity contribution in [1.82, 2.24) is 19.4 Å². The van der Waals surface area contributed by atoms with Gasteiger partial charge in [-0.1, -0.05) is 6.07 Å². The molecule has 3 aromatic heterocycles. The third-order valence-electron chi connectivity index (χ3n) is 2.53. The third kappa shape index (κ3) is 2.08. The number of aromatic amines is 1. The zero-order valence-corrected chi connectivity index (χ0v) is 9.50. The highest BCUT2D eigenvalue weighted by Crippen LogP contribution is 2.09. The Kier molecular flexibility index (Phi) is 2.53. The van der Waals surface area contributed by atoms with Crippen LogP contribution in [0, 0.1) is 0 Å². The van der Waals surface area contributed by atoms with Gasteiger partial charge >= 0.3 is 0 Å². The summed E-state index contributed by atoms with van der Waals surface area (Å²) >= 11 is 0. The predicted octanol–water partition coefficient (Wildman–Crippen LogP) is 1.03. The fourth-order valence-electron chi connectivity index (χ4n) is 1.71. The van der Waals surface area contributed by atoms with Crippen molar-refractivity contribution in [2.45, 2.75) is 6.54 Å².